The molecule has 0 aliphatic carbocycles. The van der Waals surface area contributed by atoms with Crippen LogP contribution >= 0.6 is 0 Å². The Kier molecular flexibility index (Phi) is 8.73. The van der Waals surface area contributed by atoms with Gasteiger partial charge in [0.05, 0.1) is 14.2 Å². The van der Waals surface area contributed by atoms with Crippen molar-refractivity contribution in [2.24, 2.45) is 0 Å². The summed E-state index contributed by atoms with van der Waals surface area (Å²) in [5, 5.41) is 0. The van der Waals surface area contributed by atoms with Crippen LogP contribution < -0.4 is 29.8 Å². The van der Waals surface area contributed by atoms with Crippen LogP contribution in [0.15, 0.2) is 72.8 Å². The summed E-state index contributed by atoms with van der Waals surface area (Å²) in [6.07, 6.45) is 3.15. The highest BCUT2D eigenvalue weighted by Crippen LogP contribution is 2.31. The number of nitrogens with one attached hydrogen (secondary N) is 2. The molecule has 0 aliphatic rings. The van der Waals surface area contributed by atoms with Gasteiger partial charge < -0.3 is 18.9 Å². The molecule has 0 saturated carbocycles. The normalized spacial score (nSPS) is 10.6. The maximum atomic E-state index is 11.7. The zero-order valence-corrected chi connectivity index (χ0v) is 19.0. The van der Waals surface area contributed by atoms with Crippen molar-refractivity contribution in [3.05, 3.63) is 89.5 Å². The second-order valence-electron chi connectivity index (χ2n) is 7.05. The molecule has 0 saturated heterocycles. The molecule has 2 N–H and O–H groups in total. The lowest BCUT2D eigenvalue weighted by Crippen LogP contribution is -2.32. The second kappa shape index (κ2) is 12.2. The Bertz CT molecular complexity index is 1060. The van der Waals surface area contributed by atoms with Crippen molar-refractivity contribution in [1.29, 1.82) is 0 Å². The van der Waals surface area contributed by atoms with Gasteiger partial charge in [0.15, 0.2) is 11.5 Å². The maximum absolute atomic E-state index is 11.7. The molecule has 0 radical (unpaired) electrons. The number of benzene rings is 3. The van der Waals surface area contributed by atoms with Crippen molar-refractivity contribution in [1.82, 2.24) is 10.9 Å². The van der Waals surface area contributed by atoms with Gasteiger partial charge in [0.25, 0.3) is 5.91 Å². The van der Waals surface area contributed by atoms with Crippen molar-refractivity contribution >= 4 is 12.0 Å². The summed E-state index contributed by atoms with van der Waals surface area (Å²) in [6.45, 7) is 0.735. The van der Waals surface area contributed by atoms with E-state index in [0.717, 1.165) is 28.2 Å². The molecule has 172 valence electrons. The van der Waals surface area contributed by atoms with Crippen LogP contribution in [0.5, 0.6) is 23.0 Å². The molecule has 0 atom stereocenters. The van der Waals surface area contributed by atoms with Crippen molar-refractivity contribution in [2.45, 2.75) is 13.2 Å². The standard InChI is InChI=1S/C26H28N2O5/c1-27-28-26(29)15-9-19-8-14-24(32-17-20-4-10-22(30-2)11-5-20)25(16-19)33-18-21-6-12-23(31-3)13-7-21/h4-16,27H,17-18H2,1-3H3,(H,28,29). The number of hydrazine groups is 1. The molecule has 0 aromatic heterocycles. The maximum Gasteiger partial charge on any atom is 0.258 e. The number of carbonyl (C=O) groups excluding carboxylic acids is 1. The van der Waals surface area contributed by atoms with E-state index in [2.05, 4.69) is 10.9 Å². The Hall–Kier alpha value is -3.97. The number of rotatable bonds is 11. The molecule has 0 fully saturated rings. The van der Waals surface area contributed by atoms with Crippen LogP contribution in [0.2, 0.25) is 0 Å². The van der Waals surface area contributed by atoms with E-state index in [0.29, 0.717) is 24.7 Å². The van der Waals surface area contributed by atoms with E-state index in [4.69, 9.17) is 18.9 Å². The first-order valence-corrected chi connectivity index (χ1v) is 10.4. The smallest absolute Gasteiger partial charge is 0.258 e. The van der Waals surface area contributed by atoms with E-state index in [1.54, 1.807) is 27.3 Å². The van der Waals surface area contributed by atoms with Crippen LogP contribution in [-0.4, -0.2) is 27.2 Å². The number of methoxy groups -OCH3 is 2. The van der Waals surface area contributed by atoms with Gasteiger partial charge >= 0.3 is 0 Å². The van der Waals surface area contributed by atoms with Crippen molar-refractivity contribution in [2.75, 3.05) is 21.3 Å². The second-order valence-corrected chi connectivity index (χ2v) is 7.05. The first-order chi connectivity index (χ1) is 16.1. The van der Waals surface area contributed by atoms with E-state index in [-0.39, 0.29) is 5.91 Å². The highest BCUT2D eigenvalue weighted by Gasteiger charge is 2.08. The Morgan fingerprint density at radius 2 is 1.33 bits per heavy atom. The Balaban J connectivity index is 1.75. The molecule has 0 aliphatic heterocycles. The highest BCUT2D eigenvalue weighted by atomic mass is 16.5. The minimum Gasteiger partial charge on any atom is -0.497 e. The largest absolute Gasteiger partial charge is 0.497 e. The Morgan fingerprint density at radius 3 is 1.85 bits per heavy atom. The molecule has 0 unspecified atom stereocenters. The summed E-state index contributed by atoms with van der Waals surface area (Å²) in [6, 6.07) is 20.9. The lowest BCUT2D eigenvalue weighted by atomic mass is 10.1. The van der Waals surface area contributed by atoms with Crippen LogP contribution in [0, 0.1) is 0 Å². The summed E-state index contributed by atoms with van der Waals surface area (Å²) in [5.74, 6) is 2.51. The SMILES string of the molecule is CNNC(=O)C=Cc1ccc(OCc2ccc(OC)cc2)c(OCc2ccc(OC)cc2)c1. The zero-order valence-electron chi connectivity index (χ0n) is 19.0. The van der Waals surface area contributed by atoms with Gasteiger partial charge in [-0.1, -0.05) is 30.3 Å². The average molecular weight is 449 g/mol. The van der Waals surface area contributed by atoms with Gasteiger partial charge in [-0.25, -0.2) is 5.43 Å². The molecular weight excluding hydrogens is 420 g/mol. The average Bonchev–Trinajstić information content (AvgIpc) is 2.86. The fourth-order valence-corrected chi connectivity index (χ4v) is 2.96. The van der Waals surface area contributed by atoms with Crippen molar-refractivity contribution in [3.8, 4) is 23.0 Å². The van der Waals surface area contributed by atoms with Crippen molar-refractivity contribution < 1.29 is 23.7 Å². The van der Waals surface area contributed by atoms with Gasteiger partial charge in [0.1, 0.15) is 24.7 Å². The van der Waals surface area contributed by atoms with Gasteiger partial charge in [0.2, 0.25) is 0 Å². The summed E-state index contributed by atoms with van der Waals surface area (Å²) >= 11 is 0. The molecule has 3 aromatic carbocycles. The third kappa shape index (κ3) is 7.29. The van der Waals surface area contributed by atoms with Gasteiger partial charge in [-0.3, -0.25) is 10.2 Å². The Labute approximate surface area is 193 Å². The first kappa shape index (κ1) is 23.7. The quantitative estimate of drug-likeness (QED) is 0.339. The van der Waals surface area contributed by atoms with Crippen LogP contribution in [0.1, 0.15) is 16.7 Å². The molecule has 0 spiro atoms. The summed E-state index contributed by atoms with van der Waals surface area (Å²) in [4.78, 5) is 11.7. The molecular formula is C26H28N2O5. The predicted molar refractivity (Wildman–Crippen MR) is 127 cm³/mol. The summed E-state index contributed by atoms with van der Waals surface area (Å²) in [5.41, 5.74) is 7.90. The Morgan fingerprint density at radius 1 is 0.788 bits per heavy atom. The first-order valence-electron chi connectivity index (χ1n) is 10.4. The van der Waals surface area contributed by atoms with Gasteiger partial charge in [0, 0.05) is 13.1 Å². The molecule has 3 aromatic rings. The van der Waals surface area contributed by atoms with E-state index >= 15 is 0 Å². The zero-order chi connectivity index (χ0) is 23.5. The molecule has 7 heteroatoms. The van der Waals surface area contributed by atoms with Crippen molar-refractivity contribution in [3.63, 3.8) is 0 Å². The highest BCUT2D eigenvalue weighted by molar-refractivity contribution is 5.91. The molecule has 3 rings (SSSR count). The van der Waals surface area contributed by atoms with Crippen LogP contribution in [0.25, 0.3) is 6.08 Å². The third-order valence-electron chi connectivity index (χ3n) is 4.75. The third-order valence-corrected chi connectivity index (χ3v) is 4.75. The van der Waals surface area contributed by atoms with Gasteiger partial charge in [-0.2, -0.15) is 0 Å². The number of carbonyl (C=O) groups is 1. The molecule has 33 heavy (non-hydrogen) atoms. The number of ether oxygens (including phenoxy) is 4. The molecule has 0 heterocycles. The molecule has 0 bridgehead atoms. The van der Waals surface area contributed by atoms with Gasteiger partial charge in [-0.15, -0.1) is 0 Å². The number of hydrogen-bond donors (Lipinski definition) is 2. The number of amides is 1. The fourth-order valence-electron chi connectivity index (χ4n) is 2.96. The van der Waals surface area contributed by atoms with Gasteiger partial charge in [-0.05, 0) is 59.2 Å². The monoisotopic (exact) mass is 448 g/mol. The van der Waals surface area contributed by atoms with E-state index < -0.39 is 0 Å². The topological polar surface area (TPSA) is 78.1 Å². The number of hydrogen-bond acceptors (Lipinski definition) is 6. The van der Waals surface area contributed by atoms with Crippen LogP contribution in [0.4, 0.5) is 0 Å². The summed E-state index contributed by atoms with van der Waals surface area (Å²) in [7, 11) is 4.90. The van der Waals surface area contributed by atoms with E-state index in [1.165, 1.54) is 6.08 Å². The lowest BCUT2D eigenvalue weighted by molar-refractivity contribution is -0.117. The predicted octanol–water partition coefficient (Wildman–Crippen LogP) is 4.13. The minimum absolute atomic E-state index is 0.252. The molecule has 7 nitrogen and oxygen atoms in total. The molecule has 1 amide bonds. The van der Waals surface area contributed by atoms with E-state index in [9.17, 15) is 4.79 Å². The van der Waals surface area contributed by atoms with Crippen LogP contribution in [-0.2, 0) is 18.0 Å². The van der Waals surface area contributed by atoms with Crippen LogP contribution in [0.3, 0.4) is 0 Å². The van der Waals surface area contributed by atoms with E-state index in [1.807, 2.05) is 66.7 Å². The minimum atomic E-state index is -0.252. The fraction of sp³-hybridized carbons (Fsp3) is 0.192. The summed E-state index contributed by atoms with van der Waals surface area (Å²) < 4.78 is 22.5. The lowest BCUT2D eigenvalue weighted by Gasteiger charge is -2.14.